The Bertz CT molecular complexity index is 353. The van der Waals surface area contributed by atoms with Gasteiger partial charge in [0, 0.05) is 6.54 Å². The molecule has 0 bridgehead atoms. The molecular weight excluding hydrogens is 194 g/mol. The monoisotopic (exact) mass is 207 g/mol. The first-order chi connectivity index (χ1) is 7.29. The zero-order chi connectivity index (χ0) is 10.7. The lowest BCUT2D eigenvalue weighted by atomic mass is 10.1. The van der Waals surface area contributed by atoms with Gasteiger partial charge in [0.1, 0.15) is 11.9 Å². The Morgan fingerprint density at radius 2 is 2.40 bits per heavy atom. The van der Waals surface area contributed by atoms with Gasteiger partial charge in [0.05, 0.1) is 13.2 Å². The largest absolute Gasteiger partial charge is 0.508 e. The van der Waals surface area contributed by atoms with E-state index in [0.717, 1.165) is 12.0 Å². The molecule has 0 spiro atoms. The highest BCUT2D eigenvalue weighted by Gasteiger charge is 2.20. The fourth-order valence-electron chi connectivity index (χ4n) is 1.69. The van der Waals surface area contributed by atoms with Gasteiger partial charge in [0.2, 0.25) is 6.41 Å². The number of nitrogens with zero attached hydrogens (tertiary/aromatic N) is 1. The number of carbonyl (C=O) groups excluding carboxylic acids is 1. The minimum Gasteiger partial charge on any atom is -0.508 e. The van der Waals surface area contributed by atoms with Gasteiger partial charge in [-0.3, -0.25) is 4.79 Å². The summed E-state index contributed by atoms with van der Waals surface area (Å²) < 4.78 is 5.54. The van der Waals surface area contributed by atoms with Crippen LogP contribution < -0.4 is 0 Å². The van der Waals surface area contributed by atoms with Crippen molar-refractivity contribution in [1.29, 1.82) is 0 Å². The average molecular weight is 207 g/mol. The summed E-state index contributed by atoms with van der Waals surface area (Å²) in [6.07, 6.45) is 0.703. The van der Waals surface area contributed by atoms with Crippen molar-refractivity contribution in [2.24, 2.45) is 0 Å². The standard InChI is InChI=1S/C11H13NO3/c13-8-12-4-5-15-11(7-12)9-2-1-3-10(14)6-9/h1-3,6,8,11,14H,4-5,7H2. The van der Waals surface area contributed by atoms with E-state index in [0.29, 0.717) is 19.7 Å². The molecule has 1 aromatic carbocycles. The van der Waals surface area contributed by atoms with Crippen LogP contribution in [0, 0.1) is 0 Å². The SMILES string of the molecule is O=CN1CCOC(c2cccc(O)c2)C1. The van der Waals surface area contributed by atoms with Crippen molar-refractivity contribution in [1.82, 2.24) is 4.90 Å². The molecule has 0 aliphatic carbocycles. The number of phenols is 1. The third kappa shape index (κ3) is 2.27. The van der Waals surface area contributed by atoms with E-state index in [1.165, 1.54) is 0 Å². The number of amides is 1. The first kappa shape index (κ1) is 9.98. The molecular formula is C11H13NO3. The van der Waals surface area contributed by atoms with Crippen LogP contribution in [0.2, 0.25) is 0 Å². The molecule has 15 heavy (non-hydrogen) atoms. The quantitative estimate of drug-likeness (QED) is 0.734. The molecule has 0 aromatic heterocycles. The second-order valence-electron chi connectivity index (χ2n) is 3.55. The van der Waals surface area contributed by atoms with Crippen molar-refractivity contribution in [3.05, 3.63) is 29.8 Å². The van der Waals surface area contributed by atoms with E-state index in [1.807, 2.05) is 6.07 Å². The van der Waals surface area contributed by atoms with Crippen LogP contribution in [0.1, 0.15) is 11.7 Å². The lowest BCUT2D eigenvalue weighted by molar-refractivity contribution is -0.125. The predicted molar refractivity (Wildman–Crippen MR) is 54.4 cm³/mol. The molecule has 2 rings (SSSR count). The number of ether oxygens (including phenoxy) is 1. The van der Waals surface area contributed by atoms with Crippen molar-refractivity contribution in [2.75, 3.05) is 19.7 Å². The Hall–Kier alpha value is -1.55. The van der Waals surface area contributed by atoms with E-state index in [-0.39, 0.29) is 11.9 Å². The highest BCUT2D eigenvalue weighted by atomic mass is 16.5. The minimum atomic E-state index is -0.129. The Labute approximate surface area is 88.1 Å². The number of hydrogen-bond acceptors (Lipinski definition) is 3. The highest BCUT2D eigenvalue weighted by Crippen LogP contribution is 2.24. The molecule has 1 unspecified atom stereocenters. The van der Waals surface area contributed by atoms with Gasteiger partial charge in [0.15, 0.2) is 0 Å². The maximum Gasteiger partial charge on any atom is 0.209 e. The summed E-state index contributed by atoms with van der Waals surface area (Å²) in [5, 5.41) is 9.33. The molecule has 1 amide bonds. The number of phenolic OH excluding ortho intramolecular Hbond substituents is 1. The topological polar surface area (TPSA) is 49.8 Å². The molecule has 1 fully saturated rings. The van der Waals surface area contributed by atoms with Gasteiger partial charge in [0.25, 0.3) is 0 Å². The number of morpholine rings is 1. The number of hydrogen-bond donors (Lipinski definition) is 1. The van der Waals surface area contributed by atoms with Gasteiger partial charge in [-0.15, -0.1) is 0 Å². The van der Waals surface area contributed by atoms with Gasteiger partial charge in [-0.1, -0.05) is 12.1 Å². The molecule has 1 aromatic rings. The third-order valence-electron chi connectivity index (χ3n) is 2.49. The summed E-state index contributed by atoms with van der Waals surface area (Å²) in [6, 6.07) is 6.94. The fraction of sp³-hybridized carbons (Fsp3) is 0.364. The Balaban J connectivity index is 2.13. The highest BCUT2D eigenvalue weighted by molar-refractivity contribution is 5.47. The summed E-state index contributed by atoms with van der Waals surface area (Å²) >= 11 is 0. The molecule has 1 atom stereocenters. The van der Waals surface area contributed by atoms with Gasteiger partial charge in [-0.2, -0.15) is 0 Å². The normalized spacial score (nSPS) is 21.3. The van der Waals surface area contributed by atoms with Crippen molar-refractivity contribution < 1.29 is 14.6 Å². The molecule has 1 N–H and O–H groups in total. The van der Waals surface area contributed by atoms with Crippen LogP contribution >= 0.6 is 0 Å². The molecule has 1 saturated heterocycles. The van der Waals surface area contributed by atoms with Gasteiger partial charge in [-0.05, 0) is 17.7 Å². The van der Waals surface area contributed by atoms with E-state index in [2.05, 4.69) is 0 Å². The predicted octanol–water partition coefficient (Wildman–Crippen LogP) is 0.922. The van der Waals surface area contributed by atoms with Crippen molar-refractivity contribution in [2.45, 2.75) is 6.10 Å². The number of aromatic hydroxyl groups is 1. The number of benzene rings is 1. The number of rotatable bonds is 2. The summed E-state index contributed by atoms with van der Waals surface area (Å²) in [5.74, 6) is 0.222. The molecule has 1 aliphatic heterocycles. The van der Waals surface area contributed by atoms with Crippen LogP contribution in [-0.4, -0.2) is 36.1 Å². The lowest BCUT2D eigenvalue weighted by Crippen LogP contribution is -2.37. The summed E-state index contributed by atoms with van der Waals surface area (Å²) in [4.78, 5) is 12.3. The van der Waals surface area contributed by atoms with Crippen LogP contribution in [0.3, 0.4) is 0 Å². The van der Waals surface area contributed by atoms with E-state index >= 15 is 0 Å². The second-order valence-corrected chi connectivity index (χ2v) is 3.55. The first-order valence-corrected chi connectivity index (χ1v) is 4.89. The van der Waals surface area contributed by atoms with Crippen LogP contribution in [0.25, 0.3) is 0 Å². The fourth-order valence-corrected chi connectivity index (χ4v) is 1.69. The zero-order valence-corrected chi connectivity index (χ0v) is 8.30. The molecule has 80 valence electrons. The van der Waals surface area contributed by atoms with E-state index < -0.39 is 0 Å². The number of carbonyl (C=O) groups is 1. The minimum absolute atomic E-state index is 0.129. The zero-order valence-electron chi connectivity index (χ0n) is 8.30. The van der Waals surface area contributed by atoms with Gasteiger partial charge >= 0.3 is 0 Å². The first-order valence-electron chi connectivity index (χ1n) is 4.89. The average Bonchev–Trinajstić information content (AvgIpc) is 2.29. The molecule has 0 saturated carbocycles. The second kappa shape index (κ2) is 4.31. The summed E-state index contributed by atoms with van der Waals surface area (Å²) in [7, 11) is 0. The van der Waals surface area contributed by atoms with E-state index in [4.69, 9.17) is 4.74 Å². The molecule has 0 radical (unpaired) electrons. The van der Waals surface area contributed by atoms with E-state index in [1.54, 1.807) is 23.1 Å². The lowest BCUT2D eigenvalue weighted by Gasteiger charge is -2.30. The van der Waals surface area contributed by atoms with Crippen molar-refractivity contribution >= 4 is 6.41 Å². The summed E-state index contributed by atoms with van der Waals surface area (Å²) in [6.45, 7) is 1.73. The molecule has 4 heteroatoms. The maximum absolute atomic E-state index is 10.6. The van der Waals surface area contributed by atoms with Crippen LogP contribution in [0.4, 0.5) is 0 Å². The van der Waals surface area contributed by atoms with Crippen molar-refractivity contribution in [3.8, 4) is 5.75 Å². The summed E-state index contributed by atoms with van der Waals surface area (Å²) in [5.41, 5.74) is 0.904. The van der Waals surface area contributed by atoms with Crippen molar-refractivity contribution in [3.63, 3.8) is 0 Å². The third-order valence-corrected chi connectivity index (χ3v) is 2.49. The van der Waals surface area contributed by atoms with Crippen LogP contribution in [0.15, 0.2) is 24.3 Å². The molecule has 1 aliphatic rings. The Morgan fingerprint density at radius 3 is 3.13 bits per heavy atom. The van der Waals surface area contributed by atoms with E-state index in [9.17, 15) is 9.90 Å². The van der Waals surface area contributed by atoms with Crippen LogP contribution in [0.5, 0.6) is 5.75 Å². The van der Waals surface area contributed by atoms with Gasteiger partial charge in [-0.25, -0.2) is 0 Å². The van der Waals surface area contributed by atoms with Crippen LogP contribution in [-0.2, 0) is 9.53 Å². The molecule has 1 heterocycles. The maximum atomic E-state index is 10.6. The molecule has 4 nitrogen and oxygen atoms in total. The van der Waals surface area contributed by atoms with Gasteiger partial charge < -0.3 is 14.7 Å². The smallest absolute Gasteiger partial charge is 0.209 e. The Morgan fingerprint density at radius 1 is 1.53 bits per heavy atom. The Kier molecular flexibility index (Phi) is 2.87.